The van der Waals surface area contributed by atoms with Crippen LogP contribution in [0.25, 0.3) is 0 Å². The van der Waals surface area contributed by atoms with Gasteiger partial charge in [0.25, 0.3) is 0 Å². The molecule has 0 aliphatic heterocycles. The molecule has 5 heteroatoms. The Hall–Kier alpha value is -0.810. The van der Waals surface area contributed by atoms with Crippen LogP contribution in [0.1, 0.15) is 66.2 Å². The molecule has 0 saturated heterocycles. The molecule has 0 spiro atoms. The van der Waals surface area contributed by atoms with Gasteiger partial charge < -0.3 is 9.47 Å². The van der Waals surface area contributed by atoms with Gasteiger partial charge in [-0.15, -0.1) is 0 Å². The normalized spacial score (nSPS) is 11.4. The van der Waals surface area contributed by atoms with E-state index in [1.807, 2.05) is 13.8 Å². The predicted octanol–water partition coefficient (Wildman–Crippen LogP) is 4.25. The Balaban J connectivity index is 3.55. The average Bonchev–Trinajstić information content (AvgIpc) is 2.41. The smallest absolute Gasteiger partial charge is 0.430 e. The van der Waals surface area contributed by atoms with E-state index >= 15 is 0 Å². The van der Waals surface area contributed by atoms with E-state index in [1.54, 1.807) is 0 Å². The van der Waals surface area contributed by atoms with E-state index in [9.17, 15) is 4.79 Å². The molecule has 0 aromatic heterocycles. The first-order valence-electron chi connectivity index (χ1n) is 7.62. The summed E-state index contributed by atoms with van der Waals surface area (Å²) in [5.74, 6) is 0. The van der Waals surface area contributed by atoms with E-state index in [0.29, 0.717) is 13.2 Å². The van der Waals surface area contributed by atoms with Crippen LogP contribution < -0.4 is 0 Å². The lowest BCUT2D eigenvalue weighted by Crippen LogP contribution is -2.26. The Morgan fingerprint density at radius 1 is 0.950 bits per heavy atom. The van der Waals surface area contributed by atoms with Crippen LogP contribution in [0.5, 0.6) is 0 Å². The van der Waals surface area contributed by atoms with Gasteiger partial charge in [-0.2, -0.15) is 4.89 Å². The molecule has 20 heavy (non-hydrogen) atoms. The van der Waals surface area contributed by atoms with Crippen LogP contribution in [0.2, 0.25) is 0 Å². The van der Waals surface area contributed by atoms with Crippen LogP contribution in [0.3, 0.4) is 0 Å². The zero-order chi connectivity index (χ0) is 15.3. The average molecular weight is 290 g/mol. The third-order valence-corrected chi connectivity index (χ3v) is 2.81. The summed E-state index contributed by atoms with van der Waals surface area (Å²) in [4.78, 5) is 21.1. The summed E-state index contributed by atoms with van der Waals surface area (Å²) in [7, 11) is 0. The van der Waals surface area contributed by atoms with Crippen molar-refractivity contribution in [3.8, 4) is 0 Å². The summed E-state index contributed by atoms with van der Waals surface area (Å²) in [6.45, 7) is 9.28. The lowest BCUT2D eigenvalue weighted by Gasteiger charge is -2.22. The van der Waals surface area contributed by atoms with Crippen molar-refractivity contribution < 1.29 is 24.0 Å². The van der Waals surface area contributed by atoms with E-state index < -0.39 is 11.8 Å². The molecule has 0 unspecified atom stereocenters. The highest BCUT2D eigenvalue weighted by Gasteiger charge is 2.22. The van der Waals surface area contributed by atoms with Crippen molar-refractivity contribution in [3.63, 3.8) is 0 Å². The lowest BCUT2D eigenvalue weighted by molar-refractivity contribution is -0.319. The number of carbonyl (C=O) groups is 1. The third-order valence-electron chi connectivity index (χ3n) is 2.81. The molecule has 0 aromatic carbocycles. The maximum absolute atomic E-state index is 11.3. The highest BCUT2D eigenvalue weighted by Crippen LogP contribution is 2.19. The highest BCUT2D eigenvalue weighted by molar-refractivity contribution is 5.58. The van der Waals surface area contributed by atoms with Crippen LogP contribution >= 0.6 is 0 Å². The number of hydrogen-bond acceptors (Lipinski definition) is 5. The van der Waals surface area contributed by atoms with Crippen LogP contribution in [0.15, 0.2) is 0 Å². The molecule has 0 amide bonds. The summed E-state index contributed by atoms with van der Waals surface area (Å²) < 4.78 is 10.1. The van der Waals surface area contributed by atoms with Gasteiger partial charge in [0.1, 0.15) is 12.2 Å². The Kier molecular flexibility index (Phi) is 11.5. The Labute approximate surface area is 122 Å². The molecule has 0 heterocycles. The molecule has 0 N–H and O–H groups in total. The van der Waals surface area contributed by atoms with Crippen molar-refractivity contribution >= 4 is 6.16 Å². The van der Waals surface area contributed by atoms with E-state index in [0.717, 1.165) is 38.5 Å². The van der Waals surface area contributed by atoms with E-state index in [2.05, 4.69) is 18.7 Å². The molecule has 0 aromatic rings. The van der Waals surface area contributed by atoms with Gasteiger partial charge in [0, 0.05) is 6.61 Å². The van der Waals surface area contributed by atoms with Crippen LogP contribution in [0.4, 0.5) is 4.79 Å². The fraction of sp³-hybridized carbons (Fsp3) is 0.933. The maximum atomic E-state index is 11.3. The minimum absolute atomic E-state index is 0.183. The van der Waals surface area contributed by atoms with Crippen molar-refractivity contribution in [2.75, 3.05) is 19.8 Å². The molecule has 0 fully saturated rings. The predicted molar refractivity (Wildman–Crippen MR) is 77.5 cm³/mol. The van der Waals surface area contributed by atoms with E-state index in [4.69, 9.17) is 14.4 Å². The zero-order valence-electron chi connectivity index (χ0n) is 13.4. The molecular formula is C15H30O5. The van der Waals surface area contributed by atoms with Crippen LogP contribution in [-0.2, 0) is 19.2 Å². The van der Waals surface area contributed by atoms with Gasteiger partial charge >= 0.3 is 6.16 Å². The van der Waals surface area contributed by atoms with Gasteiger partial charge in [-0.05, 0) is 26.7 Å². The zero-order valence-corrected chi connectivity index (χ0v) is 13.4. The fourth-order valence-corrected chi connectivity index (χ4v) is 1.55. The second kappa shape index (κ2) is 12.0. The topological polar surface area (TPSA) is 54.0 Å². The van der Waals surface area contributed by atoms with Crippen molar-refractivity contribution in [2.24, 2.45) is 0 Å². The van der Waals surface area contributed by atoms with Gasteiger partial charge in [-0.3, -0.25) is 4.89 Å². The van der Waals surface area contributed by atoms with Crippen LogP contribution in [-0.4, -0.2) is 31.6 Å². The third kappa shape index (κ3) is 12.2. The SMILES string of the molecule is CCCCCC(C)(C)OOC(=O)OCCOCCCC. The Morgan fingerprint density at radius 3 is 2.30 bits per heavy atom. The molecule has 0 bridgehead atoms. The summed E-state index contributed by atoms with van der Waals surface area (Å²) in [5.41, 5.74) is -0.480. The monoisotopic (exact) mass is 290 g/mol. The first kappa shape index (κ1) is 19.2. The maximum Gasteiger partial charge on any atom is 0.540 e. The summed E-state index contributed by atoms with van der Waals surface area (Å²) in [6, 6.07) is 0. The molecular weight excluding hydrogens is 260 g/mol. The molecule has 0 radical (unpaired) electrons. The minimum atomic E-state index is -0.812. The summed E-state index contributed by atoms with van der Waals surface area (Å²) in [6.07, 6.45) is 5.47. The van der Waals surface area contributed by atoms with Gasteiger partial charge in [-0.1, -0.05) is 39.5 Å². The van der Waals surface area contributed by atoms with Crippen molar-refractivity contribution in [2.45, 2.75) is 71.8 Å². The second-order valence-corrected chi connectivity index (χ2v) is 5.45. The van der Waals surface area contributed by atoms with E-state index in [-0.39, 0.29) is 6.61 Å². The van der Waals surface area contributed by atoms with Gasteiger partial charge in [0.2, 0.25) is 0 Å². The standard InChI is InChI=1S/C15H30O5/c1-5-7-9-10-15(3,4)20-19-14(16)18-13-12-17-11-8-6-2/h5-13H2,1-4H3. The number of carbonyl (C=O) groups excluding carboxylic acids is 1. The van der Waals surface area contributed by atoms with Crippen LogP contribution in [0, 0.1) is 0 Å². The van der Waals surface area contributed by atoms with Gasteiger partial charge in [-0.25, -0.2) is 4.79 Å². The number of ether oxygens (including phenoxy) is 2. The molecule has 0 aliphatic carbocycles. The number of hydrogen-bond donors (Lipinski definition) is 0. The molecule has 0 rings (SSSR count). The number of rotatable bonds is 12. The van der Waals surface area contributed by atoms with Crippen molar-refractivity contribution in [1.82, 2.24) is 0 Å². The largest absolute Gasteiger partial charge is 0.540 e. The molecule has 0 saturated carbocycles. The molecule has 120 valence electrons. The summed E-state index contributed by atoms with van der Waals surface area (Å²) >= 11 is 0. The van der Waals surface area contributed by atoms with Gasteiger partial charge in [0.05, 0.1) is 6.61 Å². The Morgan fingerprint density at radius 2 is 1.65 bits per heavy atom. The van der Waals surface area contributed by atoms with E-state index in [1.165, 1.54) is 0 Å². The quantitative estimate of drug-likeness (QED) is 0.233. The summed E-state index contributed by atoms with van der Waals surface area (Å²) in [5, 5.41) is 0. The first-order chi connectivity index (χ1) is 9.52. The highest BCUT2D eigenvalue weighted by atomic mass is 17.2. The first-order valence-corrected chi connectivity index (χ1v) is 7.62. The molecule has 0 aliphatic rings. The van der Waals surface area contributed by atoms with Gasteiger partial charge in [0.15, 0.2) is 0 Å². The second-order valence-electron chi connectivity index (χ2n) is 5.45. The Bertz CT molecular complexity index is 240. The van der Waals surface area contributed by atoms with Crippen molar-refractivity contribution in [1.29, 1.82) is 0 Å². The number of unbranched alkanes of at least 4 members (excludes halogenated alkanes) is 3. The molecule has 0 atom stereocenters. The van der Waals surface area contributed by atoms with Crippen molar-refractivity contribution in [3.05, 3.63) is 0 Å². The minimum Gasteiger partial charge on any atom is -0.430 e. The lowest BCUT2D eigenvalue weighted by atomic mass is 10.0. The molecule has 5 nitrogen and oxygen atoms in total. The fourth-order valence-electron chi connectivity index (χ4n) is 1.55.